The van der Waals surface area contributed by atoms with Crippen LogP contribution in [0.1, 0.15) is 45.4 Å². The van der Waals surface area contributed by atoms with Crippen LogP contribution in [0.25, 0.3) is 0 Å². The SMILES string of the molecule is C[C@@H](NS(=O)(=O)c1ccc(Cl)c(Cl)c1)C(=O)NNC(=O)C12CC3CC(CC(C3)C1)C2. The second-order valence-electron chi connectivity index (χ2n) is 9.06. The van der Waals surface area contributed by atoms with Crippen LogP contribution in [-0.2, 0) is 19.6 Å². The molecule has 0 spiro atoms. The summed E-state index contributed by atoms with van der Waals surface area (Å²) in [6, 6.07) is 2.79. The Kier molecular flexibility index (Phi) is 5.81. The predicted molar refractivity (Wildman–Crippen MR) is 113 cm³/mol. The van der Waals surface area contributed by atoms with E-state index in [-0.39, 0.29) is 20.8 Å². The largest absolute Gasteiger partial charge is 0.273 e. The van der Waals surface area contributed by atoms with E-state index in [1.807, 2.05) is 0 Å². The Labute approximate surface area is 186 Å². The molecule has 0 aromatic heterocycles. The van der Waals surface area contributed by atoms with Crippen molar-refractivity contribution in [1.29, 1.82) is 0 Å². The lowest BCUT2D eigenvalue weighted by Gasteiger charge is -2.55. The van der Waals surface area contributed by atoms with E-state index >= 15 is 0 Å². The van der Waals surface area contributed by atoms with Gasteiger partial charge >= 0.3 is 0 Å². The van der Waals surface area contributed by atoms with Crippen LogP contribution in [-0.4, -0.2) is 26.3 Å². The number of halogens is 2. The zero-order valence-corrected chi connectivity index (χ0v) is 18.9. The van der Waals surface area contributed by atoms with Crippen molar-refractivity contribution in [3.63, 3.8) is 0 Å². The first kappa shape index (κ1) is 21.9. The smallest absolute Gasteiger partial charge is 0.256 e. The van der Waals surface area contributed by atoms with E-state index in [2.05, 4.69) is 15.6 Å². The molecule has 4 aliphatic carbocycles. The summed E-state index contributed by atoms with van der Waals surface area (Å²) in [6.07, 6.45) is 6.27. The minimum Gasteiger partial charge on any atom is -0.273 e. The van der Waals surface area contributed by atoms with Crippen LogP contribution < -0.4 is 15.6 Å². The minimum absolute atomic E-state index is 0.0967. The fourth-order valence-electron chi connectivity index (χ4n) is 5.75. The maximum atomic E-state index is 12.9. The van der Waals surface area contributed by atoms with Crippen molar-refractivity contribution >= 4 is 45.0 Å². The third kappa shape index (κ3) is 4.20. The molecule has 4 fully saturated rings. The third-order valence-corrected chi connectivity index (χ3v) is 9.02. The van der Waals surface area contributed by atoms with Gasteiger partial charge in [-0.1, -0.05) is 23.2 Å². The molecule has 1 atom stereocenters. The summed E-state index contributed by atoms with van der Waals surface area (Å²) >= 11 is 11.7. The maximum Gasteiger partial charge on any atom is 0.256 e. The van der Waals surface area contributed by atoms with E-state index < -0.39 is 27.4 Å². The average Bonchev–Trinajstić information content (AvgIpc) is 2.66. The van der Waals surface area contributed by atoms with Crippen LogP contribution in [0, 0.1) is 23.2 Å². The summed E-state index contributed by atoms with van der Waals surface area (Å²) in [5.41, 5.74) is 4.54. The molecule has 4 aliphatic rings. The molecule has 0 heterocycles. The normalized spacial score (nSPS) is 30.7. The van der Waals surface area contributed by atoms with Gasteiger partial charge in [0.25, 0.3) is 5.91 Å². The van der Waals surface area contributed by atoms with Gasteiger partial charge in [-0.2, -0.15) is 4.72 Å². The minimum atomic E-state index is -3.99. The number of rotatable bonds is 5. The number of sulfonamides is 1. The summed E-state index contributed by atoms with van der Waals surface area (Å²) in [6.45, 7) is 1.40. The second kappa shape index (κ2) is 7.97. The van der Waals surface area contributed by atoms with Crippen molar-refractivity contribution in [3.8, 4) is 0 Å². The second-order valence-corrected chi connectivity index (χ2v) is 11.6. The van der Waals surface area contributed by atoms with Gasteiger partial charge in [0.05, 0.1) is 26.4 Å². The van der Waals surface area contributed by atoms with Gasteiger partial charge < -0.3 is 0 Å². The monoisotopic (exact) mass is 473 g/mol. The van der Waals surface area contributed by atoms with Gasteiger partial charge in [0, 0.05) is 0 Å². The molecule has 4 bridgehead atoms. The van der Waals surface area contributed by atoms with Gasteiger partial charge in [-0.3, -0.25) is 20.4 Å². The molecule has 0 radical (unpaired) electrons. The molecule has 0 aliphatic heterocycles. The topological polar surface area (TPSA) is 104 Å². The molecule has 2 amide bonds. The molecule has 7 nitrogen and oxygen atoms in total. The summed E-state index contributed by atoms with van der Waals surface area (Å²) in [5, 5.41) is 0.327. The van der Waals surface area contributed by atoms with Crippen LogP contribution in [0.2, 0.25) is 10.0 Å². The molecule has 30 heavy (non-hydrogen) atoms. The first-order chi connectivity index (χ1) is 14.1. The van der Waals surface area contributed by atoms with Gasteiger partial charge in [0.1, 0.15) is 0 Å². The van der Waals surface area contributed by atoms with Gasteiger partial charge in [0.2, 0.25) is 15.9 Å². The highest BCUT2D eigenvalue weighted by Crippen LogP contribution is 2.60. The van der Waals surface area contributed by atoms with Crippen LogP contribution in [0.4, 0.5) is 0 Å². The molecule has 1 aromatic carbocycles. The molecular weight excluding hydrogens is 449 g/mol. The Bertz CT molecular complexity index is 947. The van der Waals surface area contributed by atoms with Crippen molar-refractivity contribution in [1.82, 2.24) is 15.6 Å². The lowest BCUT2D eigenvalue weighted by atomic mass is 9.49. The zero-order chi connectivity index (χ0) is 21.7. The van der Waals surface area contributed by atoms with Gasteiger partial charge in [0.15, 0.2) is 0 Å². The Morgan fingerprint density at radius 1 is 1.00 bits per heavy atom. The molecule has 1 aromatic rings. The first-order valence-electron chi connectivity index (χ1n) is 10.2. The van der Waals surface area contributed by atoms with Crippen LogP contribution in [0.3, 0.4) is 0 Å². The van der Waals surface area contributed by atoms with Crippen molar-refractivity contribution < 1.29 is 18.0 Å². The summed E-state index contributed by atoms with van der Waals surface area (Å²) < 4.78 is 27.3. The fraction of sp³-hybridized carbons (Fsp3) is 0.600. The van der Waals surface area contributed by atoms with Crippen molar-refractivity contribution in [3.05, 3.63) is 28.2 Å². The number of benzene rings is 1. The van der Waals surface area contributed by atoms with Gasteiger partial charge in [-0.05, 0) is 81.4 Å². The molecule has 4 saturated carbocycles. The quantitative estimate of drug-likeness (QED) is 0.571. The van der Waals surface area contributed by atoms with Crippen LogP contribution in [0.15, 0.2) is 23.1 Å². The van der Waals surface area contributed by atoms with Crippen molar-refractivity contribution in [2.24, 2.45) is 23.2 Å². The molecule has 3 N–H and O–H groups in total. The number of carbonyl (C=O) groups is 2. The highest BCUT2D eigenvalue weighted by atomic mass is 35.5. The standard InChI is InChI=1S/C20H25Cl2N3O4S/c1-11(25-30(28,29)15-2-3-16(21)17(22)7-15)18(26)23-24-19(27)20-8-12-4-13(9-20)6-14(5-12)10-20/h2-3,7,11-14,25H,4-6,8-10H2,1H3,(H,23,26)(H,24,27)/t11-,12?,13?,14?,20?/m1/s1. The highest BCUT2D eigenvalue weighted by Gasteiger charge is 2.54. The maximum absolute atomic E-state index is 12.9. The van der Waals surface area contributed by atoms with Gasteiger partial charge in [-0.15, -0.1) is 0 Å². The van der Waals surface area contributed by atoms with E-state index in [9.17, 15) is 18.0 Å². The third-order valence-electron chi connectivity index (χ3n) is 6.75. The number of amides is 2. The number of hydrogen-bond acceptors (Lipinski definition) is 4. The number of nitrogens with one attached hydrogen (secondary N) is 3. The number of hydrogen-bond donors (Lipinski definition) is 3. The first-order valence-corrected chi connectivity index (χ1v) is 12.4. The summed E-state index contributed by atoms with van der Waals surface area (Å²) in [5.74, 6) is 1.02. The lowest BCUT2D eigenvalue weighted by Crippen LogP contribution is -2.58. The molecular formula is C20H25Cl2N3O4S. The summed E-state index contributed by atoms with van der Waals surface area (Å²) in [4.78, 5) is 25.2. The average molecular weight is 474 g/mol. The molecule has 0 unspecified atom stereocenters. The molecule has 164 valence electrons. The number of carbonyl (C=O) groups excluding carboxylic acids is 2. The Hall–Kier alpha value is -1.35. The van der Waals surface area contributed by atoms with Crippen molar-refractivity contribution in [2.75, 3.05) is 0 Å². The van der Waals surface area contributed by atoms with E-state index in [0.29, 0.717) is 17.8 Å². The molecule has 0 saturated heterocycles. The zero-order valence-electron chi connectivity index (χ0n) is 16.6. The van der Waals surface area contributed by atoms with Gasteiger partial charge in [-0.25, -0.2) is 8.42 Å². The Morgan fingerprint density at radius 3 is 2.10 bits per heavy atom. The number of hydrazine groups is 1. The Morgan fingerprint density at radius 2 is 1.57 bits per heavy atom. The van der Waals surface area contributed by atoms with E-state index in [4.69, 9.17) is 23.2 Å². The van der Waals surface area contributed by atoms with Crippen LogP contribution in [0.5, 0.6) is 0 Å². The highest BCUT2D eigenvalue weighted by molar-refractivity contribution is 7.89. The molecule has 5 rings (SSSR count). The lowest BCUT2D eigenvalue weighted by molar-refractivity contribution is -0.149. The Balaban J connectivity index is 1.35. The summed E-state index contributed by atoms with van der Waals surface area (Å²) in [7, 11) is -3.99. The van der Waals surface area contributed by atoms with Crippen molar-refractivity contribution in [2.45, 2.75) is 56.4 Å². The predicted octanol–water partition coefficient (Wildman–Crippen LogP) is 3.02. The fourth-order valence-corrected chi connectivity index (χ4v) is 7.34. The molecule has 10 heteroatoms. The van der Waals surface area contributed by atoms with Crippen LogP contribution >= 0.6 is 23.2 Å². The van der Waals surface area contributed by atoms with E-state index in [1.54, 1.807) is 0 Å². The van der Waals surface area contributed by atoms with E-state index in [1.165, 1.54) is 44.4 Å². The van der Waals surface area contributed by atoms with E-state index in [0.717, 1.165) is 19.3 Å².